The van der Waals surface area contributed by atoms with E-state index in [0.29, 0.717) is 10.8 Å². The molecule has 4 aliphatic carbocycles. The van der Waals surface area contributed by atoms with Crippen molar-refractivity contribution >= 4 is 0 Å². The van der Waals surface area contributed by atoms with E-state index in [2.05, 4.69) is 47.6 Å². The second-order valence-electron chi connectivity index (χ2n) is 12.9. The molecule has 0 bridgehead atoms. The number of hydrogen-bond donors (Lipinski definition) is 1. The molecular weight excluding hydrogens is 364 g/mol. The van der Waals surface area contributed by atoms with E-state index < -0.39 is 0 Å². The Hall–Kier alpha value is -0.300. The van der Waals surface area contributed by atoms with Gasteiger partial charge in [0, 0.05) is 0 Å². The van der Waals surface area contributed by atoms with Crippen LogP contribution in [0.4, 0.5) is 0 Å². The largest absolute Gasteiger partial charge is 0.393 e. The average molecular weight is 415 g/mol. The van der Waals surface area contributed by atoms with Gasteiger partial charge in [-0.3, -0.25) is 0 Å². The number of hydrogen-bond acceptors (Lipinski definition) is 1. The molecule has 1 nitrogen and oxygen atoms in total. The Kier molecular flexibility index (Phi) is 6.53. The average Bonchev–Trinajstić information content (AvgIpc) is 3.06. The molecule has 0 aromatic carbocycles. The molecule has 0 heterocycles. The standard InChI is InChI=1S/C29H50O/c1-7-21(19(2)3)9-8-20(4)25-12-13-26-24-11-10-22-18-23(30)14-16-28(22,5)27(24)15-17-29(25,26)6/h11,19-23,25-27,30H,7-10,12-18H2,1-6H3/t20-,21+,22?,23?,25?,26+,27?,28?,29?/m1/s1. The van der Waals surface area contributed by atoms with Crippen molar-refractivity contribution in [1.82, 2.24) is 0 Å². The highest BCUT2D eigenvalue weighted by molar-refractivity contribution is 5.27. The highest BCUT2D eigenvalue weighted by atomic mass is 16.3. The van der Waals surface area contributed by atoms with Crippen LogP contribution in [-0.4, -0.2) is 11.2 Å². The van der Waals surface area contributed by atoms with Crippen molar-refractivity contribution in [2.24, 2.45) is 52.3 Å². The van der Waals surface area contributed by atoms with Crippen molar-refractivity contribution in [2.45, 2.75) is 118 Å². The molecule has 9 atom stereocenters. The van der Waals surface area contributed by atoms with Crippen LogP contribution in [0, 0.1) is 52.3 Å². The summed E-state index contributed by atoms with van der Waals surface area (Å²) in [5.74, 6) is 5.92. The minimum absolute atomic E-state index is 0.0404. The highest BCUT2D eigenvalue weighted by Crippen LogP contribution is 2.67. The molecule has 4 aliphatic rings. The summed E-state index contributed by atoms with van der Waals surface area (Å²) in [5, 5.41) is 10.3. The van der Waals surface area contributed by atoms with Crippen LogP contribution in [0.3, 0.4) is 0 Å². The van der Waals surface area contributed by atoms with Gasteiger partial charge in [-0.1, -0.05) is 66.0 Å². The lowest BCUT2D eigenvalue weighted by molar-refractivity contribution is -0.0428. The second-order valence-corrected chi connectivity index (χ2v) is 12.9. The first kappa shape index (κ1) is 22.9. The topological polar surface area (TPSA) is 20.2 Å². The molecule has 0 aliphatic heterocycles. The first-order valence-corrected chi connectivity index (χ1v) is 13.6. The Morgan fingerprint density at radius 3 is 2.37 bits per heavy atom. The zero-order chi connectivity index (χ0) is 21.7. The molecule has 0 saturated heterocycles. The van der Waals surface area contributed by atoms with E-state index in [1.807, 2.05) is 5.57 Å². The van der Waals surface area contributed by atoms with Gasteiger partial charge in [-0.25, -0.2) is 0 Å². The molecule has 172 valence electrons. The van der Waals surface area contributed by atoms with Crippen LogP contribution in [0.5, 0.6) is 0 Å². The first-order chi connectivity index (χ1) is 14.2. The van der Waals surface area contributed by atoms with E-state index in [0.717, 1.165) is 54.3 Å². The zero-order valence-electron chi connectivity index (χ0n) is 20.9. The summed E-state index contributed by atoms with van der Waals surface area (Å²) in [5.41, 5.74) is 2.88. The van der Waals surface area contributed by atoms with Crippen molar-refractivity contribution < 1.29 is 5.11 Å². The van der Waals surface area contributed by atoms with Crippen molar-refractivity contribution in [3.8, 4) is 0 Å². The summed E-state index contributed by atoms with van der Waals surface area (Å²) in [4.78, 5) is 0. The number of aliphatic hydroxyl groups is 1. The number of fused-ring (bicyclic) bond motifs is 5. The van der Waals surface area contributed by atoms with E-state index in [1.165, 1.54) is 57.8 Å². The Morgan fingerprint density at radius 1 is 0.967 bits per heavy atom. The van der Waals surface area contributed by atoms with E-state index in [-0.39, 0.29) is 6.10 Å². The lowest BCUT2D eigenvalue weighted by Gasteiger charge is -2.57. The SMILES string of the molecule is CC[C@@H](CC[C@@H](C)C1CC[C@H]2C3=CCC4CC(O)CCC4(C)C3CCC12C)C(C)C. The second kappa shape index (κ2) is 8.57. The molecule has 0 aromatic heterocycles. The van der Waals surface area contributed by atoms with Crippen molar-refractivity contribution in [3.05, 3.63) is 11.6 Å². The van der Waals surface area contributed by atoms with Gasteiger partial charge < -0.3 is 5.11 Å². The summed E-state index contributed by atoms with van der Waals surface area (Å²) in [6.45, 7) is 15.1. The van der Waals surface area contributed by atoms with Gasteiger partial charge in [0.05, 0.1) is 6.10 Å². The van der Waals surface area contributed by atoms with Gasteiger partial charge in [-0.05, 0) is 110 Å². The van der Waals surface area contributed by atoms with E-state index in [4.69, 9.17) is 0 Å². The van der Waals surface area contributed by atoms with E-state index >= 15 is 0 Å². The fourth-order valence-electron chi connectivity index (χ4n) is 9.15. The number of aliphatic hydroxyl groups excluding tert-OH is 1. The van der Waals surface area contributed by atoms with E-state index in [1.54, 1.807) is 0 Å². The third-order valence-corrected chi connectivity index (χ3v) is 11.3. The summed E-state index contributed by atoms with van der Waals surface area (Å²) in [6.07, 6.45) is 17.2. The third kappa shape index (κ3) is 3.74. The molecular formula is C29H50O. The van der Waals surface area contributed by atoms with Gasteiger partial charge in [0.1, 0.15) is 0 Å². The molecule has 3 saturated carbocycles. The van der Waals surface area contributed by atoms with Crippen LogP contribution in [0.1, 0.15) is 112 Å². The van der Waals surface area contributed by atoms with Crippen LogP contribution in [0.15, 0.2) is 11.6 Å². The molecule has 3 fully saturated rings. The number of rotatable bonds is 6. The predicted octanol–water partition coefficient (Wildman–Crippen LogP) is 8.02. The third-order valence-electron chi connectivity index (χ3n) is 11.3. The Labute approximate surface area is 187 Å². The summed E-state index contributed by atoms with van der Waals surface area (Å²) in [6, 6.07) is 0. The van der Waals surface area contributed by atoms with Gasteiger partial charge in [0.25, 0.3) is 0 Å². The highest BCUT2D eigenvalue weighted by Gasteiger charge is 2.58. The smallest absolute Gasteiger partial charge is 0.0543 e. The molecule has 30 heavy (non-hydrogen) atoms. The molecule has 4 rings (SSSR count). The Balaban J connectivity index is 1.48. The normalized spacial score (nSPS) is 45.3. The number of allylic oxidation sites excluding steroid dienone is 2. The van der Waals surface area contributed by atoms with Crippen LogP contribution >= 0.6 is 0 Å². The van der Waals surface area contributed by atoms with Gasteiger partial charge in [0.15, 0.2) is 0 Å². The zero-order valence-corrected chi connectivity index (χ0v) is 20.9. The van der Waals surface area contributed by atoms with Crippen molar-refractivity contribution in [2.75, 3.05) is 0 Å². The molecule has 0 amide bonds. The van der Waals surface area contributed by atoms with Crippen molar-refractivity contribution in [3.63, 3.8) is 0 Å². The molecule has 0 spiro atoms. The van der Waals surface area contributed by atoms with Crippen molar-refractivity contribution in [1.29, 1.82) is 0 Å². The molecule has 0 radical (unpaired) electrons. The quantitative estimate of drug-likeness (QED) is 0.436. The summed E-state index contributed by atoms with van der Waals surface area (Å²) >= 11 is 0. The summed E-state index contributed by atoms with van der Waals surface area (Å²) < 4.78 is 0. The molecule has 1 heteroatoms. The minimum Gasteiger partial charge on any atom is -0.393 e. The van der Waals surface area contributed by atoms with Crippen LogP contribution in [-0.2, 0) is 0 Å². The maximum Gasteiger partial charge on any atom is 0.0543 e. The lowest BCUT2D eigenvalue weighted by atomic mass is 9.47. The van der Waals surface area contributed by atoms with E-state index in [9.17, 15) is 5.11 Å². The van der Waals surface area contributed by atoms with Gasteiger partial charge >= 0.3 is 0 Å². The van der Waals surface area contributed by atoms with Crippen LogP contribution in [0.2, 0.25) is 0 Å². The maximum atomic E-state index is 10.3. The first-order valence-electron chi connectivity index (χ1n) is 13.6. The molecule has 1 N–H and O–H groups in total. The predicted molar refractivity (Wildman–Crippen MR) is 128 cm³/mol. The maximum absolute atomic E-state index is 10.3. The van der Waals surface area contributed by atoms with Crippen LogP contribution in [0.25, 0.3) is 0 Å². The fraction of sp³-hybridized carbons (Fsp3) is 0.931. The lowest BCUT2D eigenvalue weighted by Crippen LogP contribution is -2.49. The van der Waals surface area contributed by atoms with Crippen LogP contribution < -0.4 is 0 Å². The Bertz CT molecular complexity index is 634. The minimum atomic E-state index is -0.0404. The summed E-state index contributed by atoms with van der Waals surface area (Å²) in [7, 11) is 0. The Morgan fingerprint density at radius 2 is 1.67 bits per heavy atom. The monoisotopic (exact) mass is 414 g/mol. The fourth-order valence-corrected chi connectivity index (χ4v) is 9.15. The molecule has 6 unspecified atom stereocenters. The van der Waals surface area contributed by atoms with Gasteiger partial charge in [-0.15, -0.1) is 0 Å². The molecule has 0 aromatic rings. The van der Waals surface area contributed by atoms with Gasteiger partial charge in [-0.2, -0.15) is 0 Å². The van der Waals surface area contributed by atoms with Gasteiger partial charge in [0.2, 0.25) is 0 Å².